The van der Waals surface area contributed by atoms with Gasteiger partial charge in [-0.05, 0) is 59.9 Å². The summed E-state index contributed by atoms with van der Waals surface area (Å²) in [7, 11) is -2.69. The fourth-order valence-corrected chi connectivity index (χ4v) is 2.60. The Hall–Kier alpha value is -1.64. The van der Waals surface area contributed by atoms with E-state index >= 15 is 0 Å². The molecule has 1 atom stereocenters. The molecule has 0 aliphatic heterocycles. The minimum Gasteiger partial charge on any atom is -0.367 e. The number of hydrogen-bond acceptors (Lipinski definition) is 5. The van der Waals surface area contributed by atoms with Crippen LogP contribution in [0.1, 0.15) is 13.8 Å². The van der Waals surface area contributed by atoms with Crippen molar-refractivity contribution in [3.8, 4) is 0 Å². The minimum atomic E-state index is -2.69. The average molecular weight is 384 g/mol. The Morgan fingerprint density at radius 3 is 2.50 bits per heavy atom. The summed E-state index contributed by atoms with van der Waals surface area (Å²) in [5.74, 6) is 4.63. The van der Waals surface area contributed by atoms with Gasteiger partial charge in [-0.2, -0.15) is 4.98 Å². The number of nitrogens with one attached hydrogen (secondary N) is 2. The van der Waals surface area contributed by atoms with Gasteiger partial charge < -0.3 is 10.6 Å². The Bertz CT molecular complexity index is 759. The number of rotatable bonds is 5. The monoisotopic (exact) mass is 383 g/mol. The Morgan fingerprint density at radius 1 is 1.32 bits per heavy atom. The summed E-state index contributed by atoms with van der Waals surface area (Å²) >= 11 is 3.41. The second-order valence-electron chi connectivity index (χ2n) is 5.06. The summed E-state index contributed by atoms with van der Waals surface area (Å²) in [6.07, 6.45) is 1.68. The molecule has 0 fully saturated rings. The zero-order valence-corrected chi connectivity index (χ0v) is 14.7. The van der Waals surface area contributed by atoms with Gasteiger partial charge in [0.25, 0.3) is 0 Å². The number of nitrogens with zero attached hydrogens (tertiary/aromatic N) is 2. The SMILES string of the molecule is C=S(N)(=O)c1ccc(Nc2ncc(Br)c(NC(C)C)n2)cc1. The van der Waals surface area contributed by atoms with Crippen LogP contribution in [0.3, 0.4) is 0 Å². The molecule has 2 aromatic rings. The van der Waals surface area contributed by atoms with Crippen LogP contribution in [-0.4, -0.2) is 26.1 Å². The molecule has 0 saturated heterocycles. The van der Waals surface area contributed by atoms with Crippen molar-refractivity contribution in [1.29, 1.82) is 0 Å². The van der Waals surface area contributed by atoms with E-state index in [2.05, 4.69) is 42.4 Å². The lowest BCUT2D eigenvalue weighted by molar-refractivity contribution is 0.682. The zero-order chi connectivity index (χ0) is 16.3. The molecule has 1 unspecified atom stereocenters. The first-order valence-electron chi connectivity index (χ1n) is 6.57. The molecule has 1 aromatic carbocycles. The van der Waals surface area contributed by atoms with Gasteiger partial charge in [0, 0.05) is 22.8 Å². The number of hydrogen-bond donors (Lipinski definition) is 3. The molecule has 0 radical (unpaired) electrons. The van der Waals surface area contributed by atoms with Crippen molar-refractivity contribution in [3.63, 3.8) is 0 Å². The first-order chi connectivity index (χ1) is 10.3. The number of aromatic nitrogens is 2. The third-order valence-electron chi connectivity index (χ3n) is 2.68. The molecular formula is C14H18BrN5OS. The molecule has 4 N–H and O–H groups in total. The van der Waals surface area contributed by atoms with Crippen molar-refractivity contribution in [2.24, 2.45) is 5.14 Å². The summed E-state index contributed by atoms with van der Waals surface area (Å²) in [4.78, 5) is 9.11. The summed E-state index contributed by atoms with van der Waals surface area (Å²) < 4.78 is 12.4. The molecule has 0 bridgehead atoms. The van der Waals surface area contributed by atoms with Crippen molar-refractivity contribution >= 4 is 49.0 Å². The van der Waals surface area contributed by atoms with E-state index in [9.17, 15) is 4.21 Å². The fraction of sp³-hybridized carbons (Fsp3) is 0.214. The van der Waals surface area contributed by atoms with Gasteiger partial charge in [-0.1, -0.05) is 0 Å². The average Bonchev–Trinajstić information content (AvgIpc) is 2.41. The lowest BCUT2D eigenvalue weighted by atomic mass is 10.3. The Morgan fingerprint density at radius 2 is 1.95 bits per heavy atom. The van der Waals surface area contributed by atoms with Gasteiger partial charge in [-0.3, -0.25) is 5.14 Å². The van der Waals surface area contributed by atoms with Crippen molar-refractivity contribution in [2.75, 3.05) is 10.6 Å². The van der Waals surface area contributed by atoms with Crippen molar-refractivity contribution in [2.45, 2.75) is 24.8 Å². The van der Waals surface area contributed by atoms with E-state index in [1.807, 2.05) is 13.8 Å². The van der Waals surface area contributed by atoms with E-state index in [0.717, 1.165) is 10.2 Å². The maximum Gasteiger partial charge on any atom is 0.229 e. The van der Waals surface area contributed by atoms with Crippen molar-refractivity contribution in [3.05, 3.63) is 34.9 Å². The lowest BCUT2D eigenvalue weighted by Crippen LogP contribution is -2.13. The fourth-order valence-electron chi connectivity index (χ4n) is 1.70. The van der Waals surface area contributed by atoms with Gasteiger partial charge in [0.15, 0.2) is 0 Å². The standard InChI is InChI=1S/C14H18BrN5OS/c1-9(2)18-13-12(15)8-17-14(20-13)19-10-4-6-11(7-5-10)22(3,16)21/h4-9H,3H2,1-2H3,(H2,16,21)(H2,17,18,19,20). The largest absolute Gasteiger partial charge is 0.367 e. The van der Waals surface area contributed by atoms with Crippen LogP contribution in [-0.2, 0) is 9.71 Å². The predicted octanol–water partition coefficient (Wildman–Crippen LogP) is 2.75. The second-order valence-corrected chi connectivity index (χ2v) is 7.84. The molecule has 118 valence electrons. The Labute approximate surface area is 138 Å². The van der Waals surface area contributed by atoms with Gasteiger partial charge >= 0.3 is 0 Å². The highest BCUT2D eigenvalue weighted by molar-refractivity contribution is 9.10. The molecule has 0 saturated carbocycles. The van der Waals surface area contributed by atoms with E-state index in [4.69, 9.17) is 5.14 Å². The smallest absolute Gasteiger partial charge is 0.229 e. The first-order valence-corrected chi connectivity index (χ1v) is 9.15. The topological polar surface area (TPSA) is 92.9 Å². The number of anilines is 3. The number of benzene rings is 1. The maximum atomic E-state index is 11.7. The highest BCUT2D eigenvalue weighted by atomic mass is 79.9. The molecule has 0 aliphatic carbocycles. The zero-order valence-electron chi connectivity index (χ0n) is 12.3. The summed E-state index contributed by atoms with van der Waals surface area (Å²) in [6.45, 7) is 4.06. The van der Waals surface area contributed by atoms with E-state index in [1.54, 1.807) is 30.5 Å². The third-order valence-corrected chi connectivity index (χ3v) is 4.33. The van der Waals surface area contributed by atoms with Crippen molar-refractivity contribution < 1.29 is 4.21 Å². The molecule has 22 heavy (non-hydrogen) atoms. The number of nitrogens with two attached hydrogens (primary N) is 1. The molecule has 0 amide bonds. The Balaban J connectivity index is 2.20. The minimum absolute atomic E-state index is 0.257. The quantitative estimate of drug-likeness (QED) is 0.690. The Kier molecular flexibility index (Phi) is 5.05. The van der Waals surface area contributed by atoms with Gasteiger partial charge in [0.05, 0.1) is 14.2 Å². The van der Waals surface area contributed by atoms with Gasteiger partial charge in [-0.25, -0.2) is 9.19 Å². The molecule has 0 spiro atoms. The van der Waals surface area contributed by atoms with E-state index in [-0.39, 0.29) is 6.04 Å². The molecule has 6 nitrogen and oxygen atoms in total. The van der Waals surface area contributed by atoms with E-state index in [1.165, 1.54) is 0 Å². The van der Waals surface area contributed by atoms with E-state index < -0.39 is 9.71 Å². The highest BCUT2D eigenvalue weighted by Crippen LogP contribution is 2.23. The maximum absolute atomic E-state index is 11.7. The highest BCUT2D eigenvalue weighted by Gasteiger charge is 2.07. The predicted molar refractivity (Wildman–Crippen MR) is 95.9 cm³/mol. The molecule has 1 heterocycles. The molecule has 2 rings (SSSR count). The molecule has 1 aromatic heterocycles. The molecule has 0 aliphatic rings. The van der Waals surface area contributed by atoms with Crippen LogP contribution >= 0.6 is 15.9 Å². The van der Waals surface area contributed by atoms with Crippen molar-refractivity contribution in [1.82, 2.24) is 9.97 Å². The van der Waals surface area contributed by atoms with Crippen LogP contribution in [0.15, 0.2) is 39.8 Å². The lowest BCUT2D eigenvalue weighted by Gasteiger charge is -2.12. The summed E-state index contributed by atoms with van der Waals surface area (Å²) in [5.41, 5.74) is 0.769. The van der Waals surface area contributed by atoms with Crippen LogP contribution in [0.2, 0.25) is 0 Å². The van der Waals surface area contributed by atoms with Gasteiger partial charge in [0.1, 0.15) is 5.82 Å². The van der Waals surface area contributed by atoms with Crippen LogP contribution in [0, 0.1) is 0 Å². The second kappa shape index (κ2) is 6.64. The number of halogens is 1. The van der Waals surface area contributed by atoms with Crippen LogP contribution in [0.25, 0.3) is 0 Å². The normalized spacial score (nSPS) is 13.7. The van der Waals surface area contributed by atoms with Gasteiger partial charge in [-0.15, -0.1) is 0 Å². The summed E-state index contributed by atoms with van der Waals surface area (Å²) in [5, 5.41) is 11.8. The van der Waals surface area contributed by atoms with Crippen LogP contribution in [0.5, 0.6) is 0 Å². The molecule has 8 heteroatoms. The van der Waals surface area contributed by atoms with E-state index in [0.29, 0.717) is 16.7 Å². The van der Waals surface area contributed by atoms with Crippen LogP contribution < -0.4 is 15.8 Å². The molecular weight excluding hydrogens is 366 g/mol. The summed E-state index contributed by atoms with van der Waals surface area (Å²) in [6, 6.07) is 7.11. The first kappa shape index (κ1) is 16.7. The van der Waals surface area contributed by atoms with Gasteiger partial charge in [0.2, 0.25) is 5.95 Å². The third kappa shape index (κ3) is 4.43. The van der Waals surface area contributed by atoms with Crippen LogP contribution in [0.4, 0.5) is 17.5 Å².